The maximum atomic E-state index is 13.3. The molecule has 0 aromatic heterocycles. The summed E-state index contributed by atoms with van der Waals surface area (Å²) in [4.78, 5) is 53.3. The van der Waals surface area contributed by atoms with Crippen LogP contribution in [0.4, 0.5) is 17.1 Å². The molecule has 1 heterocycles. The third kappa shape index (κ3) is 5.27. The topological polar surface area (TPSA) is 95.6 Å². The van der Waals surface area contributed by atoms with E-state index in [4.69, 9.17) is 0 Å². The van der Waals surface area contributed by atoms with Crippen LogP contribution in [0, 0.1) is 11.8 Å². The Bertz CT molecular complexity index is 1430. The summed E-state index contributed by atoms with van der Waals surface area (Å²) in [6.07, 6.45) is 4.08. The lowest BCUT2D eigenvalue weighted by Gasteiger charge is -2.19. The molecule has 2 aliphatic rings. The Kier molecular flexibility index (Phi) is 7.18. The molecular formula is C31H29N3O4. The van der Waals surface area contributed by atoms with Crippen molar-refractivity contribution in [3.8, 4) is 0 Å². The number of amides is 4. The summed E-state index contributed by atoms with van der Waals surface area (Å²) in [5.41, 5.74) is 3.76. The van der Waals surface area contributed by atoms with Crippen LogP contribution in [0.3, 0.4) is 0 Å². The van der Waals surface area contributed by atoms with Crippen molar-refractivity contribution in [3.05, 3.63) is 102 Å². The number of aryl methyl sites for hydroxylation is 1. The standard InChI is InChI=1S/C31H29N3O4/c1-20-14-16-24-26(18-20)31(38)34(30(24)37)27-13-6-5-12-25(27)29(36)33-23-11-7-10-22(19-23)32-28(35)17-15-21-8-3-2-4-9-21/h2-14,19,24,26H,15-18H2,1H3,(H,32,35)(H,33,36)/t24-,26+/m1/s1. The minimum absolute atomic E-state index is 0.125. The molecular weight excluding hydrogens is 478 g/mol. The van der Waals surface area contributed by atoms with Gasteiger partial charge in [0.2, 0.25) is 17.7 Å². The predicted octanol–water partition coefficient (Wildman–Crippen LogP) is 5.36. The van der Waals surface area contributed by atoms with E-state index in [1.165, 1.54) is 4.90 Å². The first-order chi connectivity index (χ1) is 18.4. The van der Waals surface area contributed by atoms with Crippen molar-refractivity contribution in [2.24, 2.45) is 11.8 Å². The molecule has 7 heteroatoms. The highest BCUT2D eigenvalue weighted by molar-refractivity contribution is 6.25. The van der Waals surface area contributed by atoms with Crippen molar-refractivity contribution < 1.29 is 19.2 Å². The van der Waals surface area contributed by atoms with Crippen molar-refractivity contribution in [2.45, 2.75) is 32.6 Å². The van der Waals surface area contributed by atoms with Gasteiger partial charge < -0.3 is 10.6 Å². The lowest BCUT2D eigenvalue weighted by Crippen LogP contribution is -2.33. The second-order valence-electron chi connectivity index (χ2n) is 9.80. The van der Waals surface area contributed by atoms with Gasteiger partial charge in [0.15, 0.2) is 0 Å². The monoisotopic (exact) mass is 507 g/mol. The van der Waals surface area contributed by atoms with E-state index in [-0.39, 0.29) is 40.8 Å². The first kappa shape index (κ1) is 25.1. The number of carbonyl (C=O) groups is 4. The van der Waals surface area contributed by atoms with Gasteiger partial charge >= 0.3 is 0 Å². The maximum Gasteiger partial charge on any atom is 0.257 e. The van der Waals surface area contributed by atoms with Crippen molar-refractivity contribution in [1.29, 1.82) is 0 Å². The molecule has 0 saturated carbocycles. The van der Waals surface area contributed by atoms with Crippen LogP contribution < -0.4 is 15.5 Å². The number of nitrogens with one attached hydrogen (secondary N) is 2. The molecule has 38 heavy (non-hydrogen) atoms. The Morgan fingerprint density at radius 2 is 1.53 bits per heavy atom. The fourth-order valence-corrected chi connectivity index (χ4v) is 5.13. The van der Waals surface area contributed by atoms with Crippen LogP contribution in [0.1, 0.15) is 42.1 Å². The van der Waals surface area contributed by atoms with Crippen LogP contribution in [0.2, 0.25) is 0 Å². The van der Waals surface area contributed by atoms with Crippen molar-refractivity contribution >= 4 is 40.7 Å². The smallest absolute Gasteiger partial charge is 0.257 e. The van der Waals surface area contributed by atoms with Crippen LogP contribution in [0.15, 0.2) is 90.5 Å². The van der Waals surface area contributed by atoms with Gasteiger partial charge in [-0.05, 0) is 62.1 Å². The van der Waals surface area contributed by atoms with Gasteiger partial charge in [0.25, 0.3) is 5.91 Å². The number of hydrogen-bond donors (Lipinski definition) is 2. The molecule has 3 aromatic rings. The number of anilines is 3. The molecule has 3 aromatic carbocycles. The van der Waals surface area contributed by atoms with Crippen LogP contribution >= 0.6 is 0 Å². The van der Waals surface area contributed by atoms with E-state index in [0.717, 1.165) is 11.1 Å². The van der Waals surface area contributed by atoms with Gasteiger partial charge in [0, 0.05) is 17.8 Å². The van der Waals surface area contributed by atoms with Crippen molar-refractivity contribution in [1.82, 2.24) is 0 Å². The summed E-state index contributed by atoms with van der Waals surface area (Å²) in [5.74, 6) is -1.86. The van der Waals surface area contributed by atoms with Gasteiger partial charge in [-0.1, -0.05) is 60.2 Å². The van der Waals surface area contributed by atoms with Crippen LogP contribution in [-0.4, -0.2) is 23.6 Å². The first-order valence-electron chi connectivity index (χ1n) is 12.8. The van der Waals surface area contributed by atoms with E-state index in [1.807, 2.05) is 43.3 Å². The van der Waals surface area contributed by atoms with E-state index >= 15 is 0 Å². The number of carbonyl (C=O) groups excluding carboxylic acids is 4. The molecule has 1 aliphatic heterocycles. The first-order valence-corrected chi connectivity index (χ1v) is 12.8. The van der Waals surface area contributed by atoms with E-state index < -0.39 is 5.91 Å². The molecule has 5 rings (SSSR count). The number of fused-ring (bicyclic) bond motifs is 1. The average molecular weight is 508 g/mol. The zero-order valence-corrected chi connectivity index (χ0v) is 21.1. The van der Waals surface area contributed by atoms with Gasteiger partial charge in [-0.3, -0.25) is 19.2 Å². The Balaban J connectivity index is 1.28. The quantitative estimate of drug-likeness (QED) is 0.333. The second kappa shape index (κ2) is 10.8. The number of para-hydroxylation sites is 1. The number of rotatable bonds is 7. The third-order valence-corrected chi connectivity index (χ3v) is 7.10. The largest absolute Gasteiger partial charge is 0.326 e. The fourth-order valence-electron chi connectivity index (χ4n) is 5.13. The SMILES string of the molecule is CC1=CC[C@H]2C(=O)N(c3ccccc3C(=O)Nc3cccc(NC(=O)CCc4ccccc4)c3)C(=O)[C@H]2C1. The Morgan fingerprint density at radius 1 is 0.842 bits per heavy atom. The van der Waals surface area contributed by atoms with Crippen molar-refractivity contribution in [2.75, 3.05) is 15.5 Å². The fraction of sp³-hybridized carbons (Fsp3) is 0.226. The lowest BCUT2D eigenvalue weighted by molar-refractivity contribution is -0.122. The summed E-state index contributed by atoms with van der Waals surface area (Å²) in [6.45, 7) is 1.97. The molecule has 192 valence electrons. The van der Waals surface area contributed by atoms with Gasteiger partial charge in [0.05, 0.1) is 23.1 Å². The average Bonchev–Trinajstić information content (AvgIpc) is 3.17. The molecule has 0 radical (unpaired) electrons. The van der Waals surface area contributed by atoms with Crippen LogP contribution in [0.5, 0.6) is 0 Å². The summed E-state index contributed by atoms with van der Waals surface area (Å²) in [5, 5.41) is 5.72. The number of hydrogen-bond acceptors (Lipinski definition) is 4. The summed E-state index contributed by atoms with van der Waals surface area (Å²) in [7, 11) is 0. The van der Waals surface area contributed by atoms with E-state index in [9.17, 15) is 19.2 Å². The summed E-state index contributed by atoms with van der Waals surface area (Å²) in [6, 6.07) is 23.3. The Hall–Kier alpha value is -4.52. The maximum absolute atomic E-state index is 13.3. The highest BCUT2D eigenvalue weighted by Gasteiger charge is 2.49. The highest BCUT2D eigenvalue weighted by atomic mass is 16.2. The molecule has 7 nitrogen and oxygen atoms in total. The van der Waals surface area contributed by atoms with Crippen molar-refractivity contribution in [3.63, 3.8) is 0 Å². The second-order valence-corrected chi connectivity index (χ2v) is 9.80. The highest BCUT2D eigenvalue weighted by Crippen LogP contribution is 2.40. The molecule has 0 spiro atoms. The molecule has 2 N–H and O–H groups in total. The van der Waals surface area contributed by atoms with Gasteiger partial charge in [-0.25, -0.2) is 4.90 Å². The van der Waals surface area contributed by atoms with Gasteiger partial charge in [-0.15, -0.1) is 0 Å². The molecule has 1 saturated heterocycles. The Labute approximate surface area is 221 Å². The normalized spacial score (nSPS) is 18.6. The van der Waals surface area contributed by atoms with Crippen LogP contribution in [-0.2, 0) is 20.8 Å². The minimum atomic E-state index is -0.446. The summed E-state index contributed by atoms with van der Waals surface area (Å²) >= 11 is 0. The molecule has 4 amide bonds. The summed E-state index contributed by atoms with van der Waals surface area (Å²) < 4.78 is 0. The molecule has 1 fully saturated rings. The molecule has 0 unspecified atom stereocenters. The number of benzene rings is 3. The van der Waals surface area contributed by atoms with Gasteiger partial charge in [-0.2, -0.15) is 0 Å². The predicted molar refractivity (Wildman–Crippen MR) is 147 cm³/mol. The van der Waals surface area contributed by atoms with E-state index in [0.29, 0.717) is 37.1 Å². The number of imide groups is 1. The zero-order chi connectivity index (χ0) is 26.6. The molecule has 2 atom stereocenters. The minimum Gasteiger partial charge on any atom is -0.326 e. The van der Waals surface area contributed by atoms with Gasteiger partial charge in [0.1, 0.15) is 0 Å². The molecule has 0 bridgehead atoms. The number of nitrogens with zero attached hydrogens (tertiary/aromatic N) is 1. The Morgan fingerprint density at radius 3 is 2.32 bits per heavy atom. The molecule has 1 aliphatic carbocycles. The third-order valence-electron chi connectivity index (χ3n) is 7.10. The van der Waals surface area contributed by atoms with Crippen LogP contribution in [0.25, 0.3) is 0 Å². The van der Waals surface area contributed by atoms with E-state index in [2.05, 4.69) is 10.6 Å². The lowest BCUT2D eigenvalue weighted by atomic mass is 9.82. The zero-order valence-electron chi connectivity index (χ0n) is 21.1. The number of allylic oxidation sites excluding steroid dienone is 2. The van der Waals surface area contributed by atoms with E-state index in [1.54, 1.807) is 48.5 Å².